The maximum absolute atomic E-state index is 13.5. The van der Waals surface area contributed by atoms with Crippen LogP contribution in [0, 0.1) is 0 Å². The van der Waals surface area contributed by atoms with Crippen LogP contribution in [0.25, 0.3) is 33.2 Å². The first kappa shape index (κ1) is 19.2. The van der Waals surface area contributed by atoms with Gasteiger partial charge in [0.05, 0.1) is 11.1 Å². The van der Waals surface area contributed by atoms with Gasteiger partial charge in [-0.05, 0) is 29.3 Å². The Bertz CT molecular complexity index is 1220. The van der Waals surface area contributed by atoms with Gasteiger partial charge < -0.3 is 0 Å². The van der Waals surface area contributed by atoms with Crippen molar-refractivity contribution >= 4 is 28.8 Å². The molecule has 0 aliphatic heterocycles. The average Bonchev–Trinajstić information content (AvgIpc) is 2.72. The standard InChI is InChI=1S/C23H13ClF3NO/c24-16-10-8-14(9-11-16)21-18-6-3-7-20(23(25,26)27)22(18)28-12-19(21)17-5-2-1-4-15(17)13-29/h1-13H. The number of fused-ring (bicyclic) bond motifs is 1. The Hall–Kier alpha value is -3.18. The van der Waals surface area contributed by atoms with Crippen LogP contribution in [0.3, 0.4) is 0 Å². The number of carbonyl (C=O) groups excluding carboxylic acids is 1. The summed E-state index contributed by atoms with van der Waals surface area (Å²) in [6.07, 6.45) is -2.42. The zero-order valence-corrected chi connectivity index (χ0v) is 15.6. The van der Waals surface area contributed by atoms with Gasteiger partial charge in [-0.25, -0.2) is 0 Å². The lowest BCUT2D eigenvalue weighted by molar-refractivity contribution is -0.136. The zero-order chi connectivity index (χ0) is 20.6. The Balaban J connectivity index is 2.13. The van der Waals surface area contributed by atoms with E-state index >= 15 is 0 Å². The summed E-state index contributed by atoms with van der Waals surface area (Å²) in [6, 6.07) is 17.7. The number of halogens is 4. The van der Waals surface area contributed by atoms with Crippen molar-refractivity contribution in [2.45, 2.75) is 6.18 Å². The van der Waals surface area contributed by atoms with Gasteiger partial charge in [0.25, 0.3) is 0 Å². The van der Waals surface area contributed by atoms with E-state index in [-0.39, 0.29) is 5.52 Å². The van der Waals surface area contributed by atoms with E-state index in [2.05, 4.69) is 4.98 Å². The second-order valence-corrected chi connectivity index (χ2v) is 6.89. The Morgan fingerprint density at radius 1 is 0.862 bits per heavy atom. The molecular formula is C23H13ClF3NO. The van der Waals surface area contributed by atoms with E-state index in [4.69, 9.17) is 11.6 Å². The number of hydrogen-bond acceptors (Lipinski definition) is 2. The quantitative estimate of drug-likeness (QED) is 0.338. The molecule has 1 aromatic heterocycles. The van der Waals surface area contributed by atoms with E-state index in [0.29, 0.717) is 38.2 Å². The highest BCUT2D eigenvalue weighted by Crippen LogP contribution is 2.42. The summed E-state index contributed by atoms with van der Waals surface area (Å²) in [5.41, 5.74) is 1.89. The molecule has 0 unspecified atom stereocenters. The van der Waals surface area contributed by atoms with E-state index in [1.165, 1.54) is 12.3 Å². The number of pyridine rings is 1. The number of rotatable bonds is 3. The number of hydrogen-bond donors (Lipinski definition) is 0. The minimum Gasteiger partial charge on any atom is -0.298 e. The summed E-state index contributed by atoms with van der Waals surface area (Å²) in [7, 11) is 0. The van der Waals surface area contributed by atoms with Crippen molar-refractivity contribution < 1.29 is 18.0 Å². The first-order valence-electron chi connectivity index (χ1n) is 8.69. The number of nitrogens with zero attached hydrogens (tertiary/aromatic N) is 1. The zero-order valence-electron chi connectivity index (χ0n) is 14.9. The lowest BCUT2D eigenvalue weighted by Crippen LogP contribution is -2.07. The van der Waals surface area contributed by atoms with Gasteiger partial charge in [0.15, 0.2) is 6.29 Å². The van der Waals surface area contributed by atoms with Crippen molar-refractivity contribution in [3.8, 4) is 22.3 Å². The summed E-state index contributed by atoms with van der Waals surface area (Å²) < 4.78 is 40.6. The normalized spacial score (nSPS) is 11.6. The third-order valence-electron chi connectivity index (χ3n) is 4.71. The number of carbonyl (C=O) groups is 1. The molecule has 0 saturated heterocycles. The summed E-state index contributed by atoms with van der Waals surface area (Å²) in [5.74, 6) is 0. The lowest BCUT2D eigenvalue weighted by Gasteiger charge is -2.17. The van der Waals surface area contributed by atoms with Gasteiger partial charge in [0.1, 0.15) is 0 Å². The summed E-state index contributed by atoms with van der Waals surface area (Å²) in [4.78, 5) is 15.7. The largest absolute Gasteiger partial charge is 0.418 e. The molecule has 0 atom stereocenters. The van der Waals surface area contributed by atoms with Gasteiger partial charge in [-0.1, -0.05) is 60.1 Å². The minimum atomic E-state index is -4.54. The van der Waals surface area contributed by atoms with Crippen LogP contribution in [-0.2, 0) is 6.18 Å². The summed E-state index contributed by atoms with van der Waals surface area (Å²) in [5, 5.41) is 0.860. The average molecular weight is 412 g/mol. The molecule has 0 bridgehead atoms. The van der Waals surface area contributed by atoms with Crippen LogP contribution in [0.2, 0.25) is 5.02 Å². The Morgan fingerprint density at radius 3 is 2.28 bits per heavy atom. The number of aromatic nitrogens is 1. The van der Waals surface area contributed by atoms with Gasteiger partial charge in [0.2, 0.25) is 0 Å². The number of aldehydes is 1. The van der Waals surface area contributed by atoms with Crippen LogP contribution in [-0.4, -0.2) is 11.3 Å². The Labute approximate surface area is 169 Å². The topological polar surface area (TPSA) is 30.0 Å². The van der Waals surface area contributed by atoms with Crippen LogP contribution < -0.4 is 0 Å². The monoisotopic (exact) mass is 411 g/mol. The third kappa shape index (κ3) is 3.49. The molecule has 0 fully saturated rings. The molecule has 1 heterocycles. The molecule has 6 heteroatoms. The molecule has 144 valence electrons. The maximum atomic E-state index is 13.5. The third-order valence-corrected chi connectivity index (χ3v) is 4.97. The fourth-order valence-corrected chi connectivity index (χ4v) is 3.55. The lowest BCUT2D eigenvalue weighted by atomic mass is 9.90. The fraction of sp³-hybridized carbons (Fsp3) is 0.0435. The van der Waals surface area contributed by atoms with Gasteiger partial charge >= 0.3 is 6.18 Å². The molecule has 29 heavy (non-hydrogen) atoms. The number of para-hydroxylation sites is 1. The van der Waals surface area contributed by atoms with Gasteiger partial charge in [-0.2, -0.15) is 13.2 Å². The maximum Gasteiger partial charge on any atom is 0.418 e. The molecule has 2 nitrogen and oxygen atoms in total. The second-order valence-electron chi connectivity index (χ2n) is 6.46. The summed E-state index contributed by atoms with van der Waals surface area (Å²) in [6.45, 7) is 0. The Kier molecular flexibility index (Phi) is 4.84. The minimum absolute atomic E-state index is 0.141. The van der Waals surface area contributed by atoms with E-state index in [1.54, 1.807) is 54.6 Å². The summed E-state index contributed by atoms with van der Waals surface area (Å²) >= 11 is 6.00. The molecule has 0 radical (unpaired) electrons. The van der Waals surface area contributed by atoms with Crippen LogP contribution in [0.1, 0.15) is 15.9 Å². The van der Waals surface area contributed by atoms with Crippen LogP contribution >= 0.6 is 11.6 Å². The number of alkyl halides is 3. The Morgan fingerprint density at radius 2 is 1.59 bits per heavy atom. The SMILES string of the molecule is O=Cc1ccccc1-c1cnc2c(C(F)(F)F)cccc2c1-c1ccc(Cl)cc1. The highest BCUT2D eigenvalue weighted by Gasteiger charge is 2.33. The van der Waals surface area contributed by atoms with Crippen molar-refractivity contribution in [3.63, 3.8) is 0 Å². The fourth-order valence-electron chi connectivity index (χ4n) is 3.43. The predicted molar refractivity (Wildman–Crippen MR) is 108 cm³/mol. The van der Waals surface area contributed by atoms with Gasteiger partial charge in [-0.3, -0.25) is 9.78 Å². The van der Waals surface area contributed by atoms with Crippen LogP contribution in [0.4, 0.5) is 13.2 Å². The first-order valence-corrected chi connectivity index (χ1v) is 9.07. The van der Waals surface area contributed by atoms with Crippen molar-refractivity contribution in [1.82, 2.24) is 4.98 Å². The van der Waals surface area contributed by atoms with Crippen LogP contribution in [0.5, 0.6) is 0 Å². The van der Waals surface area contributed by atoms with Crippen molar-refractivity contribution in [2.24, 2.45) is 0 Å². The van der Waals surface area contributed by atoms with E-state index in [0.717, 1.165) is 12.4 Å². The first-order chi connectivity index (χ1) is 13.9. The molecule has 4 rings (SSSR count). The second kappa shape index (κ2) is 7.33. The molecule has 0 spiro atoms. The molecule has 3 aromatic carbocycles. The van der Waals surface area contributed by atoms with Crippen molar-refractivity contribution in [3.05, 3.63) is 89.1 Å². The molecule has 0 saturated carbocycles. The smallest absolute Gasteiger partial charge is 0.298 e. The molecular weight excluding hydrogens is 399 g/mol. The van der Waals surface area contributed by atoms with Crippen molar-refractivity contribution in [2.75, 3.05) is 0 Å². The predicted octanol–water partition coefficient (Wildman–Crippen LogP) is 7.05. The van der Waals surface area contributed by atoms with Gasteiger partial charge in [0, 0.05) is 33.3 Å². The molecule has 0 aliphatic rings. The highest BCUT2D eigenvalue weighted by atomic mass is 35.5. The van der Waals surface area contributed by atoms with E-state index < -0.39 is 11.7 Å². The van der Waals surface area contributed by atoms with E-state index in [1.807, 2.05) is 0 Å². The highest BCUT2D eigenvalue weighted by molar-refractivity contribution is 6.30. The van der Waals surface area contributed by atoms with Crippen LogP contribution in [0.15, 0.2) is 72.9 Å². The molecule has 0 N–H and O–H groups in total. The van der Waals surface area contributed by atoms with Gasteiger partial charge in [-0.15, -0.1) is 0 Å². The molecule has 0 amide bonds. The van der Waals surface area contributed by atoms with E-state index in [9.17, 15) is 18.0 Å². The molecule has 4 aromatic rings. The number of benzene rings is 3. The molecule has 0 aliphatic carbocycles. The van der Waals surface area contributed by atoms with Crippen molar-refractivity contribution in [1.29, 1.82) is 0 Å².